The minimum Gasteiger partial charge on any atom is -0.306 e. The summed E-state index contributed by atoms with van der Waals surface area (Å²) in [6, 6.07) is 3.25. The number of hydrogen-bond acceptors (Lipinski definition) is 5. The van der Waals surface area contributed by atoms with Crippen LogP contribution in [0.3, 0.4) is 0 Å². The van der Waals surface area contributed by atoms with Gasteiger partial charge in [0, 0.05) is 11.8 Å². The molecular formula is C19H17ClN8O. The molecular weight excluding hydrogens is 392 g/mol. The molecule has 5 rings (SSSR count). The number of fused-ring (bicyclic) bond motifs is 1. The second kappa shape index (κ2) is 6.85. The van der Waals surface area contributed by atoms with E-state index < -0.39 is 0 Å². The Kier molecular flexibility index (Phi) is 4.17. The Hall–Kier alpha value is -3.46. The molecule has 4 aromatic rings. The Balaban J connectivity index is 1.38. The maximum atomic E-state index is 12.6. The molecule has 10 heteroatoms. The lowest BCUT2D eigenvalue weighted by atomic mass is 10.1. The molecule has 29 heavy (non-hydrogen) atoms. The summed E-state index contributed by atoms with van der Waals surface area (Å²) in [5.74, 6) is 0.832. The zero-order valence-corrected chi connectivity index (χ0v) is 16.3. The lowest BCUT2D eigenvalue weighted by Gasteiger charge is -2.14. The van der Waals surface area contributed by atoms with Gasteiger partial charge < -0.3 is 10.6 Å². The van der Waals surface area contributed by atoms with E-state index in [0.29, 0.717) is 22.4 Å². The lowest BCUT2D eigenvalue weighted by Crippen LogP contribution is -2.21. The first-order valence-corrected chi connectivity index (χ1v) is 9.55. The van der Waals surface area contributed by atoms with E-state index in [1.54, 1.807) is 12.3 Å². The van der Waals surface area contributed by atoms with E-state index in [1.165, 1.54) is 23.4 Å². The largest absolute Gasteiger partial charge is 0.323 e. The van der Waals surface area contributed by atoms with Gasteiger partial charge in [-0.3, -0.25) is 0 Å². The predicted molar refractivity (Wildman–Crippen MR) is 109 cm³/mol. The van der Waals surface area contributed by atoms with E-state index in [4.69, 9.17) is 11.6 Å². The first-order chi connectivity index (χ1) is 14.1. The van der Waals surface area contributed by atoms with Crippen LogP contribution < -0.4 is 10.6 Å². The fourth-order valence-corrected chi connectivity index (χ4v) is 3.65. The highest BCUT2D eigenvalue weighted by atomic mass is 35.5. The fraction of sp³-hybridized carbons (Fsp3) is 0.211. The number of pyridine rings is 1. The van der Waals surface area contributed by atoms with Crippen molar-refractivity contribution in [1.29, 1.82) is 0 Å². The van der Waals surface area contributed by atoms with Crippen LogP contribution in [0.5, 0.6) is 0 Å². The van der Waals surface area contributed by atoms with E-state index in [-0.39, 0.29) is 6.03 Å². The molecule has 4 heterocycles. The maximum Gasteiger partial charge on any atom is 0.323 e. The number of aryl methyl sites for hydroxylation is 1. The van der Waals surface area contributed by atoms with Crippen LogP contribution in [0.2, 0.25) is 5.02 Å². The standard InChI is InChI=1S/C19H17ClN8O/c1-11-4-7-27-17(11)16(12-2-3-12)15(10-24-27)26-19(29)25-13-8-14(20)18(21-9-13)28-22-5-6-23-28/h4-10,12H,2-3H2,1H3,(H2,25,26,29). The highest BCUT2D eigenvalue weighted by molar-refractivity contribution is 6.32. The average molecular weight is 409 g/mol. The fourth-order valence-electron chi connectivity index (χ4n) is 3.41. The third kappa shape index (κ3) is 3.29. The highest BCUT2D eigenvalue weighted by Gasteiger charge is 2.30. The van der Waals surface area contributed by atoms with Gasteiger partial charge in [-0.2, -0.15) is 15.3 Å². The van der Waals surface area contributed by atoms with Gasteiger partial charge >= 0.3 is 6.03 Å². The van der Waals surface area contributed by atoms with Crippen LogP contribution in [0.25, 0.3) is 11.3 Å². The molecule has 1 saturated carbocycles. The molecule has 0 aromatic carbocycles. The number of amides is 2. The Labute approximate surface area is 170 Å². The Bertz CT molecular complexity index is 1210. The van der Waals surface area contributed by atoms with Crippen LogP contribution in [0, 0.1) is 6.92 Å². The summed E-state index contributed by atoms with van der Waals surface area (Å²) < 4.78 is 1.86. The highest BCUT2D eigenvalue weighted by Crippen LogP contribution is 2.46. The summed E-state index contributed by atoms with van der Waals surface area (Å²) in [6.45, 7) is 2.05. The molecule has 0 spiro atoms. The second-order valence-corrected chi connectivity index (χ2v) is 7.37. The van der Waals surface area contributed by atoms with Gasteiger partial charge in [-0.25, -0.2) is 14.3 Å². The van der Waals surface area contributed by atoms with Gasteiger partial charge in [-0.05, 0) is 43.4 Å². The van der Waals surface area contributed by atoms with Gasteiger partial charge in [0.25, 0.3) is 0 Å². The van der Waals surface area contributed by atoms with E-state index in [0.717, 1.165) is 35.2 Å². The van der Waals surface area contributed by atoms with E-state index in [9.17, 15) is 4.79 Å². The topological polar surface area (TPSA) is 102 Å². The first kappa shape index (κ1) is 17.6. The van der Waals surface area contributed by atoms with Crippen molar-refractivity contribution in [1.82, 2.24) is 29.6 Å². The number of aromatic nitrogens is 6. The van der Waals surface area contributed by atoms with Crippen molar-refractivity contribution in [2.45, 2.75) is 25.7 Å². The van der Waals surface area contributed by atoms with Gasteiger partial charge in [-0.15, -0.1) is 4.80 Å². The second-order valence-electron chi connectivity index (χ2n) is 6.97. The number of carbonyl (C=O) groups is 1. The molecule has 0 bridgehead atoms. The molecule has 2 amide bonds. The van der Waals surface area contributed by atoms with E-state index >= 15 is 0 Å². The summed E-state index contributed by atoms with van der Waals surface area (Å²) in [5, 5.41) is 18.4. The Morgan fingerprint density at radius 3 is 2.69 bits per heavy atom. The summed E-state index contributed by atoms with van der Waals surface area (Å²) >= 11 is 6.26. The molecule has 0 radical (unpaired) electrons. The number of halogens is 1. The smallest absolute Gasteiger partial charge is 0.306 e. The summed E-state index contributed by atoms with van der Waals surface area (Å²) in [7, 11) is 0. The van der Waals surface area contributed by atoms with Crippen molar-refractivity contribution in [3.63, 3.8) is 0 Å². The molecule has 0 saturated heterocycles. The van der Waals surface area contributed by atoms with Crippen molar-refractivity contribution >= 4 is 34.5 Å². The minimum atomic E-state index is -0.384. The number of hydrogen-bond donors (Lipinski definition) is 2. The predicted octanol–water partition coefficient (Wildman–Crippen LogP) is 3.79. The van der Waals surface area contributed by atoms with Gasteiger partial charge in [0.1, 0.15) is 0 Å². The van der Waals surface area contributed by atoms with E-state index in [1.807, 2.05) is 16.8 Å². The number of urea groups is 1. The summed E-state index contributed by atoms with van der Waals surface area (Å²) in [4.78, 5) is 18.1. The van der Waals surface area contributed by atoms with Crippen molar-refractivity contribution in [3.8, 4) is 5.82 Å². The summed E-state index contributed by atoms with van der Waals surface area (Å²) in [6.07, 6.45) is 10.4. The van der Waals surface area contributed by atoms with Crippen LogP contribution in [0.15, 0.2) is 43.1 Å². The number of nitrogens with zero attached hydrogens (tertiary/aromatic N) is 6. The van der Waals surface area contributed by atoms with E-state index in [2.05, 4.69) is 37.8 Å². The molecule has 1 aliphatic carbocycles. The molecule has 1 aliphatic rings. The van der Waals surface area contributed by atoms with Crippen LogP contribution in [0.4, 0.5) is 16.2 Å². The van der Waals surface area contributed by atoms with Crippen LogP contribution in [-0.4, -0.2) is 35.6 Å². The van der Waals surface area contributed by atoms with Gasteiger partial charge in [-0.1, -0.05) is 11.6 Å². The summed E-state index contributed by atoms with van der Waals surface area (Å²) in [5.41, 5.74) is 4.52. The van der Waals surface area contributed by atoms with Crippen molar-refractivity contribution in [2.24, 2.45) is 0 Å². The SMILES string of the molecule is Cc1ccn2ncc(NC(=O)Nc3cnc(-n4nccn4)c(Cl)c3)c(C3CC3)c12. The van der Waals surface area contributed by atoms with Gasteiger partial charge in [0.2, 0.25) is 0 Å². The number of nitrogens with one attached hydrogen (secondary N) is 2. The van der Waals surface area contributed by atoms with Crippen LogP contribution in [-0.2, 0) is 0 Å². The third-order valence-corrected chi connectivity index (χ3v) is 5.12. The first-order valence-electron chi connectivity index (χ1n) is 9.17. The van der Waals surface area contributed by atoms with Gasteiger partial charge in [0.05, 0.1) is 46.7 Å². The van der Waals surface area contributed by atoms with Gasteiger partial charge in [0.15, 0.2) is 5.82 Å². The zero-order chi connectivity index (χ0) is 20.0. The molecule has 1 fully saturated rings. The Morgan fingerprint density at radius 1 is 1.17 bits per heavy atom. The lowest BCUT2D eigenvalue weighted by molar-refractivity contribution is 0.262. The van der Waals surface area contributed by atoms with Crippen molar-refractivity contribution < 1.29 is 4.79 Å². The normalized spacial score (nSPS) is 13.6. The average Bonchev–Trinajstić information content (AvgIpc) is 3.25. The molecule has 2 N–H and O–H groups in total. The van der Waals surface area contributed by atoms with Crippen molar-refractivity contribution in [3.05, 3.63) is 59.3 Å². The Morgan fingerprint density at radius 2 is 1.97 bits per heavy atom. The van der Waals surface area contributed by atoms with Crippen LogP contribution in [0.1, 0.15) is 29.9 Å². The number of anilines is 2. The number of carbonyl (C=O) groups excluding carboxylic acids is 1. The molecule has 0 aliphatic heterocycles. The third-order valence-electron chi connectivity index (χ3n) is 4.85. The molecule has 9 nitrogen and oxygen atoms in total. The molecule has 4 aromatic heterocycles. The minimum absolute atomic E-state index is 0.324. The van der Waals surface area contributed by atoms with Crippen molar-refractivity contribution in [2.75, 3.05) is 10.6 Å². The molecule has 0 atom stereocenters. The maximum absolute atomic E-state index is 12.6. The monoisotopic (exact) mass is 408 g/mol. The molecule has 0 unspecified atom stereocenters. The zero-order valence-electron chi connectivity index (χ0n) is 15.5. The quantitative estimate of drug-likeness (QED) is 0.534. The number of rotatable bonds is 4. The molecule has 146 valence electrons. The van der Waals surface area contributed by atoms with Crippen LogP contribution >= 0.6 is 11.6 Å².